The number of carbonyl (C=O) groups is 1. The van der Waals surface area contributed by atoms with Crippen LogP contribution in [0.3, 0.4) is 0 Å². The third-order valence-electron chi connectivity index (χ3n) is 5.38. The molecule has 0 aromatic heterocycles. The molecule has 0 atom stereocenters. The van der Waals surface area contributed by atoms with Crippen LogP contribution in [0.2, 0.25) is 0 Å². The van der Waals surface area contributed by atoms with Gasteiger partial charge in [-0.15, -0.1) is 0 Å². The van der Waals surface area contributed by atoms with Crippen LogP contribution in [0.4, 0.5) is 4.79 Å². The second-order valence-corrected chi connectivity index (χ2v) is 13.9. The molecular formula is C25H24O7P2. The first kappa shape index (κ1) is 24.0. The molecule has 0 bridgehead atoms. The van der Waals surface area contributed by atoms with Crippen LogP contribution in [0.1, 0.15) is 0 Å². The molecule has 0 aliphatic carbocycles. The van der Waals surface area contributed by atoms with Crippen molar-refractivity contribution in [2.75, 3.05) is 0 Å². The van der Waals surface area contributed by atoms with Gasteiger partial charge in [-0.3, -0.25) is 0 Å². The number of rotatable bonds is 6. The quantitative estimate of drug-likeness (QED) is 0.302. The standard InChI is InChI=1S/C25H24O7P2/c26-25(31-33(27,28,21-13-5-1-6-14-21)22-15-7-2-8-16-22)32-34(29,30,23-17-9-3-10-18-23)24-19-11-4-12-20-24/h1-20,27-30H. The Hall–Kier alpha value is -3.15. The monoisotopic (exact) mass is 498 g/mol. The molecule has 0 amide bonds. The number of hydrogen-bond acceptors (Lipinski definition) is 7. The molecule has 4 aromatic rings. The molecule has 4 aromatic carbocycles. The molecule has 0 fully saturated rings. The Bertz CT molecular complexity index is 1090. The van der Waals surface area contributed by atoms with Crippen molar-refractivity contribution in [3.63, 3.8) is 0 Å². The molecule has 4 rings (SSSR count). The third-order valence-corrected chi connectivity index (χ3v) is 11.3. The molecule has 0 heterocycles. The van der Waals surface area contributed by atoms with Gasteiger partial charge >= 0.3 is 197 Å². The van der Waals surface area contributed by atoms with Crippen LogP contribution >= 0.6 is 14.6 Å². The molecule has 7 nitrogen and oxygen atoms in total. The molecular weight excluding hydrogens is 474 g/mol. The maximum absolute atomic E-state index is 13.2. The van der Waals surface area contributed by atoms with Crippen LogP contribution in [0.15, 0.2) is 121 Å². The van der Waals surface area contributed by atoms with Gasteiger partial charge in [0.15, 0.2) is 0 Å². The van der Waals surface area contributed by atoms with E-state index in [1.165, 1.54) is 48.5 Å². The third kappa shape index (κ3) is 4.22. The predicted molar refractivity (Wildman–Crippen MR) is 135 cm³/mol. The summed E-state index contributed by atoms with van der Waals surface area (Å²) in [5.74, 6) is 0. The summed E-state index contributed by atoms with van der Waals surface area (Å²) >= 11 is 0. The second-order valence-electron chi connectivity index (χ2n) is 7.67. The predicted octanol–water partition coefficient (Wildman–Crippen LogP) is 3.01. The summed E-state index contributed by atoms with van der Waals surface area (Å²) in [6.07, 6.45) is -1.65. The van der Waals surface area contributed by atoms with Crippen molar-refractivity contribution in [1.29, 1.82) is 0 Å². The second kappa shape index (κ2) is 8.57. The summed E-state index contributed by atoms with van der Waals surface area (Å²) in [7, 11) is -11.2. The molecule has 9 heteroatoms. The zero-order valence-corrected chi connectivity index (χ0v) is 19.7. The summed E-state index contributed by atoms with van der Waals surface area (Å²) in [6, 6.07) is 30.4. The zero-order valence-electron chi connectivity index (χ0n) is 18.0. The molecule has 0 radical (unpaired) electrons. The fourth-order valence-electron chi connectivity index (χ4n) is 3.59. The van der Waals surface area contributed by atoms with Crippen LogP contribution in [-0.2, 0) is 9.05 Å². The van der Waals surface area contributed by atoms with E-state index in [9.17, 15) is 24.4 Å². The molecule has 0 saturated carbocycles. The van der Waals surface area contributed by atoms with Crippen LogP contribution in [0, 0.1) is 0 Å². The Morgan fingerprint density at radius 2 is 0.647 bits per heavy atom. The van der Waals surface area contributed by atoms with Gasteiger partial charge in [0, 0.05) is 0 Å². The first-order valence-electron chi connectivity index (χ1n) is 10.3. The van der Waals surface area contributed by atoms with E-state index >= 15 is 0 Å². The van der Waals surface area contributed by atoms with Crippen molar-refractivity contribution in [2.24, 2.45) is 0 Å². The van der Waals surface area contributed by atoms with Crippen LogP contribution < -0.4 is 21.2 Å². The average molecular weight is 498 g/mol. The first-order chi connectivity index (χ1) is 16.1. The fourth-order valence-corrected chi connectivity index (χ4v) is 8.15. The Balaban J connectivity index is 1.81. The van der Waals surface area contributed by atoms with Crippen molar-refractivity contribution >= 4 is 41.9 Å². The summed E-state index contributed by atoms with van der Waals surface area (Å²) in [6.45, 7) is 0. The topological polar surface area (TPSA) is 116 Å². The molecule has 0 spiro atoms. The van der Waals surface area contributed by atoms with E-state index in [2.05, 4.69) is 0 Å². The van der Waals surface area contributed by atoms with E-state index in [1.807, 2.05) is 0 Å². The molecule has 0 aliphatic heterocycles. The van der Waals surface area contributed by atoms with Gasteiger partial charge in [-0.1, -0.05) is 0 Å². The minimum atomic E-state index is -5.58. The Kier molecular flexibility index (Phi) is 6.05. The Morgan fingerprint density at radius 3 is 0.853 bits per heavy atom. The summed E-state index contributed by atoms with van der Waals surface area (Å²) in [5.41, 5.74) is 0. The van der Waals surface area contributed by atoms with Crippen LogP contribution in [0.5, 0.6) is 0 Å². The van der Waals surface area contributed by atoms with Gasteiger partial charge in [0.05, 0.1) is 0 Å². The van der Waals surface area contributed by atoms with Gasteiger partial charge in [0.1, 0.15) is 0 Å². The van der Waals surface area contributed by atoms with Crippen LogP contribution in [-0.4, -0.2) is 25.7 Å². The van der Waals surface area contributed by atoms with Crippen molar-refractivity contribution < 1.29 is 33.4 Å². The van der Waals surface area contributed by atoms with Crippen molar-refractivity contribution in [1.82, 2.24) is 0 Å². The van der Waals surface area contributed by atoms with Gasteiger partial charge in [-0.25, -0.2) is 0 Å². The van der Waals surface area contributed by atoms with E-state index in [1.54, 1.807) is 72.8 Å². The van der Waals surface area contributed by atoms with Gasteiger partial charge in [-0.2, -0.15) is 0 Å². The van der Waals surface area contributed by atoms with E-state index in [0.717, 1.165) is 0 Å². The summed E-state index contributed by atoms with van der Waals surface area (Å²) < 4.78 is 10.6. The molecule has 4 N–H and O–H groups in total. The maximum atomic E-state index is 13.2. The molecule has 0 aliphatic rings. The van der Waals surface area contributed by atoms with E-state index < -0.39 is 20.7 Å². The minimum absolute atomic E-state index is 0.0627. The SMILES string of the molecule is O=C(OP(O)(O)(c1ccccc1)c1ccccc1)OP(O)(O)(c1ccccc1)c1ccccc1. The molecule has 34 heavy (non-hydrogen) atoms. The summed E-state index contributed by atoms with van der Waals surface area (Å²) in [4.78, 5) is 59.7. The first-order valence-corrected chi connectivity index (χ1v) is 14.4. The molecule has 0 unspecified atom stereocenters. The van der Waals surface area contributed by atoms with Crippen molar-refractivity contribution in [3.8, 4) is 0 Å². The van der Waals surface area contributed by atoms with Gasteiger partial charge in [0.25, 0.3) is 0 Å². The van der Waals surface area contributed by atoms with Gasteiger partial charge in [0.2, 0.25) is 0 Å². The van der Waals surface area contributed by atoms with Gasteiger partial charge in [-0.05, 0) is 0 Å². The number of benzene rings is 4. The Morgan fingerprint density at radius 1 is 0.441 bits per heavy atom. The van der Waals surface area contributed by atoms with Crippen molar-refractivity contribution in [3.05, 3.63) is 121 Å². The summed E-state index contributed by atoms with van der Waals surface area (Å²) in [5, 5.41) is -0.251. The van der Waals surface area contributed by atoms with E-state index in [-0.39, 0.29) is 21.2 Å². The van der Waals surface area contributed by atoms with Gasteiger partial charge < -0.3 is 0 Å². The Labute approximate surface area is 196 Å². The zero-order chi connectivity index (χ0) is 24.3. The van der Waals surface area contributed by atoms with E-state index in [4.69, 9.17) is 9.05 Å². The normalized spacial score (nSPS) is 14.1. The van der Waals surface area contributed by atoms with Crippen LogP contribution in [0.25, 0.3) is 0 Å². The van der Waals surface area contributed by atoms with Crippen molar-refractivity contribution in [2.45, 2.75) is 0 Å². The molecule has 0 saturated heterocycles. The number of hydrogen-bond donors (Lipinski definition) is 4. The average Bonchev–Trinajstić information content (AvgIpc) is 2.86. The number of carbonyl (C=O) groups excluding carboxylic acids is 1. The van der Waals surface area contributed by atoms with E-state index in [0.29, 0.717) is 0 Å². The molecule has 176 valence electrons. The fraction of sp³-hybridized carbons (Fsp3) is 0.